The van der Waals surface area contributed by atoms with Gasteiger partial charge in [-0.2, -0.15) is 0 Å². The maximum Gasteiger partial charge on any atom is 0.337 e. The number of carbonyl (C=O) groups excluding carboxylic acids is 1. The van der Waals surface area contributed by atoms with Crippen LogP contribution < -0.4 is 4.72 Å². The molecule has 0 heterocycles. The Balaban J connectivity index is 2.27. The number of methoxy groups -OCH3 is 1. The van der Waals surface area contributed by atoms with E-state index in [1.54, 1.807) is 31.2 Å². The molecular weight excluding hydrogens is 338 g/mol. The summed E-state index contributed by atoms with van der Waals surface area (Å²) in [6.45, 7) is 1.72. The first-order valence-electron chi connectivity index (χ1n) is 6.79. The Morgan fingerprint density at radius 2 is 1.87 bits per heavy atom. The molecule has 2 aromatic carbocycles. The Morgan fingerprint density at radius 1 is 1.17 bits per heavy atom. The Morgan fingerprint density at radius 3 is 2.52 bits per heavy atom. The normalized spacial score (nSPS) is 12.7. The van der Waals surface area contributed by atoms with Crippen molar-refractivity contribution in [1.29, 1.82) is 0 Å². The molecule has 1 atom stereocenters. The maximum absolute atomic E-state index is 12.5. The van der Waals surface area contributed by atoms with Crippen molar-refractivity contribution in [3.8, 4) is 0 Å². The maximum atomic E-state index is 12.5. The van der Waals surface area contributed by atoms with Gasteiger partial charge in [0, 0.05) is 11.1 Å². The largest absolute Gasteiger partial charge is 0.465 e. The van der Waals surface area contributed by atoms with Crippen LogP contribution in [0.2, 0.25) is 5.02 Å². The number of rotatable bonds is 5. The lowest BCUT2D eigenvalue weighted by Crippen LogP contribution is -2.27. The highest BCUT2D eigenvalue weighted by Crippen LogP contribution is 2.20. The number of esters is 1. The van der Waals surface area contributed by atoms with Crippen LogP contribution in [0.5, 0.6) is 0 Å². The lowest BCUT2D eigenvalue weighted by Gasteiger charge is -2.15. The van der Waals surface area contributed by atoms with Crippen LogP contribution in [0.25, 0.3) is 0 Å². The van der Waals surface area contributed by atoms with Crippen molar-refractivity contribution in [3.05, 3.63) is 64.7 Å². The molecule has 0 bridgehead atoms. The summed E-state index contributed by atoms with van der Waals surface area (Å²) in [5.74, 6) is -0.593. The van der Waals surface area contributed by atoms with E-state index in [0.29, 0.717) is 5.02 Å². The summed E-state index contributed by atoms with van der Waals surface area (Å²) < 4.78 is 32.1. The van der Waals surface area contributed by atoms with E-state index in [-0.39, 0.29) is 10.5 Å². The smallest absolute Gasteiger partial charge is 0.337 e. The van der Waals surface area contributed by atoms with Crippen LogP contribution in [0.1, 0.15) is 28.9 Å². The Labute approximate surface area is 140 Å². The zero-order chi connectivity index (χ0) is 17.0. The van der Waals surface area contributed by atoms with Gasteiger partial charge in [0.2, 0.25) is 10.0 Å². The number of sulfonamides is 1. The molecule has 0 aromatic heterocycles. The number of ether oxygens (including phenoxy) is 1. The highest BCUT2D eigenvalue weighted by atomic mass is 35.5. The van der Waals surface area contributed by atoms with Gasteiger partial charge in [0.25, 0.3) is 0 Å². The van der Waals surface area contributed by atoms with Gasteiger partial charge in [-0.3, -0.25) is 0 Å². The second-order valence-corrected chi connectivity index (χ2v) is 7.07. The van der Waals surface area contributed by atoms with E-state index in [2.05, 4.69) is 9.46 Å². The zero-order valence-electron chi connectivity index (χ0n) is 12.6. The summed E-state index contributed by atoms with van der Waals surface area (Å²) in [6, 6.07) is 12.1. The van der Waals surface area contributed by atoms with E-state index in [9.17, 15) is 13.2 Å². The topological polar surface area (TPSA) is 72.5 Å². The minimum Gasteiger partial charge on any atom is -0.465 e. The second-order valence-electron chi connectivity index (χ2n) is 4.92. The summed E-state index contributed by atoms with van der Waals surface area (Å²) >= 11 is 5.92. The molecule has 0 aliphatic heterocycles. The summed E-state index contributed by atoms with van der Waals surface area (Å²) in [5.41, 5.74) is 0.913. The lowest BCUT2D eigenvalue weighted by atomic mass is 10.1. The van der Waals surface area contributed by atoms with E-state index in [1.165, 1.54) is 31.4 Å². The molecule has 0 unspecified atom stereocenters. The average Bonchev–Trinajstić information content (AvgIpc) is 2.54. The van der Waals surface area contributed by atoms with Crippen LogP contribution in [-0.2, 0) is 14.8 Å². The van der Waals surface area contributed by atoms with Crippen molar-refractivity contribution in [1.82, 2.24) is 4.72 Å². The van der Waals surface area contributed by atoms with Crippen molar-refractivity contribution in [3.63, 3.8) is 0 Å². The standard InChI is InChI=1S/C16H16ClNO4S/c1-11(12-5-3-7-14(17)9-12)18-23(20,21)15-8-4-6-13(10-15)16(19)22-2/h3-11,18H,1-2H3/t11-/m1/s1. The molecule has 0 radical (unpaired) electrons. The van der Waals surface area contributed by atoms with E-state index in [4.69, 9.17) is 11.6 Å². The molecule has 0 amide bonds. The van der Waals surface area contributed by atoms with Crippen LogP contribution in [0.4, 0.5) is 0 Å². The summed E-state index contributed by atoms with van der Waals surface area (Å²) in [6.07, 6.45) is 0. The average molecular weight is 354 g/mol. The predicted octanol–water partition coefficient (Wildman–Crippen LogP) is 3.17. The molecule has 7 heteroatoms. The van der Waals surface area contributed by atoms with Gasteiger partial charge in [-0.05, 0) is 42.8 Å². The molecule has 0 saturated carbocycles. The van der Waals surface area contributed by atoms with Crippen molar-refractivity contribution in [2.24, 2.45) is 0 Å². The van der Waals surface area contributed by atoms with Gasteiger partial charge < -0.3 is 4.74 Å². The quantitative estimate of drug-likeness (QED) is 0.838. The molecule has 122 valence electrons. The van der Waals surface area contributed by atoms with Gasteiger partial charge in [-0.1, -0.05) is 29.8 Å². The number of benzene rings is 2. The van der Waals surface area contributed by atoms with Crippen molar-refractivity contribution in [2.75, 3.05) is 7.11 Å². The highest BCUT2D eigenvalue weighted by molar-refractivity contribution is 7.89. The number of hydrogen-bond donors (Lipinski definition) is 1. The molecule has 0 fully saturated rings. The van der Waals surface area contributed by atoms with Crippen LogP contribution in [-0.4, -0.2) is 21.5 Å². The Bertz CT molecular complexity index is 820. The molecule has 0 saturated heterocycles. The minimum absolute atomic E-state index is 0.00530. The Hall–Kier alpha value is -1.89. The summed E-state index contributed by atoms with van der Waals surface area (Å²) in [4.78, 5) is 11.5. The third kappa shape index (κ3) is 4.31. The van der Waals surface area contributed by atoms with Gasteiger partial charge in [0.15, 0.2) is 0 Å². The molecule has 1 N–H and O–H groups in total. The molecule has 2 rings (SSSR count). The molecule has 0 spiro atoms. The monoisotopic (exact) mass is 353 g/mol. The molecule has 0 aliphatic rings. The zero-order valence-corrected chi connectivity index (χ0v) is 14.2. The second kappa shape index (κ2) is 7.12. The SMILES string of the molecule is COC(=O)c1cccc(S(=O)(=O)N[C@H](C)c2cccc(Cl)c2)c1. The number of halogens is 1. The Kier molecular flexibility index (Phi) is 5.41. The summed E-state index contributed by atoms with van der Waals surface area (Å²) in [5, 5.41) is 0.529. The number of hydrogen-bond acceptors (Lipinski definition) is 4. The van der Waals surface area contributed by atoms with E-state index < -0.39 is 22.0 Å². The molecular formula is C16H16ClNO4S. The van der Waals surface area contributed by atoms with Crippen LogP contribution in [0.3, 0.4) is 0 Å². The van der Waals surface area contributed by atoms with Crippen molar-refractivity contribution in [2.45, 2.75) is 17.9 Å². The van der Waals surface area contributed by atoms with Crippen molar-refractivity contribution < 1.29 is 17.9 Å². The first-order valence-corrected chi connectivity index (χ1v) is 8.66. The van der Waals surface area contributed by atoms with Gasteiger partial charge >= 0.3 is 5.97 Å². The number of carbonyl (C=O) groups is 1. The minimum atomic E-state index is -3.79. The highest BCUT2D eigenvalue weighted by Gasteiger charge is 2.20. The molecule has 23 heavy (non-hydrogen) atoms. The van der Waals surface area contributed by atoms with Gasteiger partial charge in [0.1, 0.15) is 0 Å². The van der Waals surface area contributed by atoms with Gasteiger partial charge in [-0.25, -0.2) is 17.9 Å². The fraction of sp³-hybridized carbons (Fsp3) is 0.188. The van der Waals surface area contributed by atoms with Gasteiger partial charge in [0.05, 0.1) is 17.6 Å². The van der Waals surface area contributed by atoms with E-state index in [1.807, 2.05) is 0 Å². The van der Waals surface area contributed by atoms with Crippen LogP contribution in [0, 0.1) is 0 Å². The first-order chi connectivity index (χ1) is 10.8. The predicted molar refractivity (Wildman–Crippen MR) is 88.0 cm³/mol. The van der Waals surface area contributed by atoms with Crippen LogP contribution >= 0.6 is 11.6 Å². The fourth-order valence-corrected chi connectivity index (χ4v) is 3.53. The van der Waals surface area contributed by atoms with Crippen LogP contribution in [0.15, 0.2) is 53.4 Å². The summed E-state index contributed by atoms with van der Waals surface area (Å²) in [7, 11) is -2.55. The molecule has 0 aliphatic carbocycles. The van der Waals surface area contributed by atoms with Gasteiger partial charge in [-0.15, -0.1) is 0 Å². The van der Waals surface area contributed by atoms with E-state index >= 15 is 0 Å². The molecule has 5 nitrogen and oxygen atoms in total. The van der Waals surface area contributed by atoms with Crippen molar-refractivity contribution >= 4 is 27.6 Å². The first kappa shape index (κ1) is 17.5. The van der Waals surface area contributed by atoms with E-state index in [0.717, 1.165) is 5.56 Å². The fourth-order valence-electron chi connectivity index (χ4n) is 2.05. The molecule has 2 aromatic rings. The number of nitrogens with one attached hydrogen (secondary N) is 1. The third-order valence-electron chi connectivity index (χ3n) is 3.25. The lowest BCUT2D eigenvalue weighted by molar-refractivity contribution is 0.0600. The third-order valence-corrected chi connectivity index (χ3v) is 5.02.